The molecule has 1 heteroatoms. The van der Waals surface area contributed by atoms with E-state index in [0.29, 0.717) is 11.8 Å². The van der Waals surface area contributed by atoms with Crippen molar-refractivity contribution >= 4 is 5.78 Å². The zero-order chi connectivity index (χ0) is 10.8. The lowest BCUT2D eigenvalue weighted by atomic mass is 9.67. The molecule has 0 fully saturated rings. The van der Waals surface area contributed by atoms with Gasteiger partial charge in [0.25, 0.3) is 0 Å². The molecule has 2 unspecified atom stereocenters. The molecule has 0 saturated carbocycles. The monoisotopic (exact) mass is 192 g/mol. The molecule has 0 bridgehead atoms. The molecule has 0 aromatic heterocycles. The Labute approximate surface area is 86.9 Å². The maximum absolute atomic E-state index is 10.9. The van der Waals surface area contributed by atoms with E-state index in [9.17, 15) is 4.79 Å². The average Bonchev–Trinajstić information content (AvgIpc) is 2.01. The number of carbonyl (C=O) groups excluding carboxylic acids is 1. The average molecular weight is 192 g/mol. The molecule has 0 aromatic carbocycles. The van der Waals surface area contributed by atoms with Gasteiger partial charge in [-0.25, -0.2) is 0 Å². The number of carbonyl (C=O) groups is 1. The third-order valence-corrected chi connectivity index (χ3v) is 3.09. The predicted molar refractivity (Wildman–Crippen MR) is 60.0 cm³/mol. The molecular weight excluding hydrogens is 172 g/mol. The Morgan fingerprint density at radius 1 is 1.50 bits per heavy atom. The summed E-state index contributed by atoms with van der Waals surface area (Å²) in [5.41, 5.74) is 0.278. The van der Waals surface area contributed by atoms with Crippen LogP contribution in [0.1, 0.15) is 34.1 Å². The predicted octanol–water partition coefficient (Wildman–Crippen LogP) is 3.37. The molecule has 78 valence electrons. The molecule has 0 saturated heterocycles. The van der Waals surface area contributed by atoms with E-state index in [1.165, 1.54) is 0 Å². The van der Waals surface area contributed by atoms with Gasteiger partial charge < -0.3 is 0 Å². The molecule has 2 atom stereocenters. The highest BCUT2D eigenvalue weighted by Gasteiger charge is 2.32. The van der Waals surface area contributed by atoms with Gasteiger partial charge >= 0.3 is 0 Å². The van der Waals surface area contributed by atoms with Crippen LogP contribution in [0.2, 0.25) is 0 Å². The maximum atomic E-state index is 10.9. The van der Waals surface area contributed by atoms with Crippen LogP contribution in [0.15, 0.2) is 24.3 Å². The number of hydrogen-bond donors (Lipinski definition) is 0. The quantitative estimate of drug-likeness (QED) is 0.484. The van der Waals surface area contributed by atoms with Gasteiger partial charge in [-0.15, -0.1) is 0 Å². The largest absolute Gasteiger partial charge is 0.295 e. The minimum Gasteiger partial charge on any atom is -0.295 e. The first-order chi connectivity index (χ1) is 6.43. The van der Waals surface area contributed by atoms with E-state index in [-0.39, 0.29) is 11.2 Å². The van der Waals surface area contributed by atoms with Gasteiger partial charge in [0.15, 0.2) is 5.78 Å². The standard InChI is InChI=1S/C13H20O/c1-10-6-5-9-13(3,4)12(10)8-7-11(2)14/h5-8,10,12H,9H2,1-4H3. The van der Waals surface area contributed by atoms with E-state index in [0.717, 1.165) is 6.42 Å². The van der Waals surface area contributed by atoms with Gasteiger partial charge in [-0.3, -0.25) is 4.79 Å². The van der Waals surface area contributed by atoms with Crippen molar-refractivity contribution in [3.63, 3.8) is 0 Å². The molecule has 0 aliphatic heterocycles. The highest BCUT2D eigenvalue weighted by atomic mass is 16.1. The van der Waals surface area contributed by atoms with Crippen LogP contribution in [-0.2, 0) is 4.79 Å². The molecule has 0 radical (unpaired) electrons. The molecule has 0 amide bonds. The molecular formula is C13H20O. The van der Waals surface area contributed by atoms with Crippen molar-refractivity contribution in [2.75, 3.05) is 0 Å². The van der Waals surface area contributed by atoms with Crippen LogP contribution in [-0.4, -0.2) is 5.78 Å². The fourth-order valence-corrected chi connectivity index (χ4v) is 2.23. The summed E-state index contributed by atoms with van der Waals surface area (Å²) in [6.07, 6.45) is 9.39. The Morgan fingerprint density at radius 3 is 2.64 bits per heavy atom. The normalized spacial score (nSPS) is 30.9. The fourth-order valence-electron chi connectivity index (χ4n) is 2.23. The number of rotatable bonds is 2. The summed E-state index contributed by atoms with van der Waals surface area (Å²) in [6, 6.07) is 0. The number of ketones is 1. The summed E-state index contributed by atoms with van der Waals surface area (Å²) < 4.78 is 0. The Morgan fingerprint density at radius 2 is 2.14 bits per heavy atom. The molecule has 1 rings (SSSR count). The van der Waals surface area contributed by atoms with Crippen molar-refractivity contribution in [3.8, 4) is 0 Å². The van der Waals surface area contributed by atoms with Crippen LogP contribution in [0.4, 0.5) is 0 Å². The lowest BCUT2D eigenvalue weighted by Crippen LogP contribution is -2.29. The van der Waals surface area contributed by atoms with Crippen molar-refractivity contribution in [2.24, 2.45) is 17.3 Å². The van der Waals surface area contributed by atoms with Crippen LogP contribution >= 0.6 is 0 Å². The third kappa shape index (κ3) is 2.57. The first-order valence-corrected chi connectivity index (χ1v) is 5.29. The summed E-state index contributed by atoms with van der Waals surface area (Å²) in [5, 5.41) is 0. The smallest absolute Gasteiger partial charge is 0.152 e. The topological polar surface area (TPSA) is 17.1 Å². The summed E-state index contributed by atoms with van der Waals surface area (Å²) in [7, 11) is 0. The summed E-state index contributed by atoms with van der Waals surface area (Å²) >= 11 is 0. The Kier molecular flexibility index (Phi) is 3.30. The minimum atomic E-state index is 0.141. The van der Waals surface area contributed by atoms with Crippen molar-refractivity contribution < 1.29 is 4.79 Å². The third-order valence-electron chi connectivity index (χ3n) is 3.09. The van der Waals surface area contributed by atoms with Crippen molar-refractivity contribution in [1.29, 1.82) is 0 Å². The zero-order valence-corrected chi connectivity index (χ0v) is 9.58. The Bertz CT molecular complexity index is 271. The molecule has 0 heterocycles. The second-order valence-corrected chi connectivity index (χ2v) is 4.98. The minimum absolute atomic E-state index is 0.141. The van der Waals surface area contributed by atoms with E-state index < -0.39 is 0 Å². The lowest BCUT2D eigenvalue weighted by molar-refractivity contribution is -0.112. The van der Waals surface area contributed by atoms with Crippen LogP contribution in [0.3, 0.4) is 0 Å². The highest BCUT2D eigenvalue weighted by molar-refractivity contribution is 5.87. The van der Waals surface area contributed by atoms with Gasteiger partial charge in [-0.1, -0.05) is 39.0 Å². The van der Waals surface area contributed by atoms with Gasteiger partial charge in [-0.2, -0.15) is 0 Å². The first-order valence-electron chi connectivity index (χ1n) is 5.29. The van der Waals surface area contributed by atoms with Gasteiger partial charge in [0.05, 0.1) is 0 Å². The molecule has 14 heavy (non-hydrogen) atoms. The number of allylic oxidation sites excluding steroid dienone is 4. The second-order valence-electron chi connectivity index (χ2n) is 4.98. The molecule has 0 spiro atoms. The summed E-state index contributed by atoms with van der Waals surface area (Å²) in [4.78, 5) is 10.9. The van der Waals surface area contributed by atoms with Crippen molar-refractivity contribution in [1.82, 2.24) is 0 Å². The van der Waals surface area contributed by atoms with Gasteiger partial charge in [0, 0.05) is 0 Å². The van der Waals surface area contributed by atoms with E-state index in [2.05, 4.69) is 39.0 Å². The molecule has 0 N–H and O–H groups in total. The maximum Gasteiger partial charge on any atom is 0.152 e. The molecule has 1 aliphatic rings. The molecule has 0 aromatic rings. The van der Waals surface area contributed by atoms with E-state index in [4.69, 9.17) is 0 Å². The first kappa shape index (κ1) is 11.2. The van der Waals surface area contributed by atoms with Crippen LogP contribution in [0, 0.1) is 17.3 Å². The Balaban J connectivity index is 2.83. The van der Waals surface area contributed by atoms with Gasteiger partial charge in [0.2, 0.25) is 0 Å². The fraction of sp³-hybridized carbons (Fsp3) is 0.615. The SMILES string of the molecule is CC(=O)C=CC1C(C)C=CCC1(C)C. The van der Waals surface area contributed by atoms with Crippen LogP contribution < -0.4 is 0 Å². The Hall–Kier alpha value is -0.850. The van der Waals surface area contributed by atoms with Gasteiger partial charge in [0.1, 0.15) is 0 Å². The van der Waals surface area contributed by atoms with Crippen molar-refractivity contribution in [2.45, 2.75) is 34.1 Å². The highest BCUT2D eigenvalue weighted by Crippen LogP contribution is 2.41. The van der Waals surface area contributed by atoms with Crippen molar-refractivity contribution in [3.05, 3.63) is 24.3 Å². The van der Waals surface area contributed by atoms with E-state index in [1.54, 1.807) is 13.0 Å². The van der Waals surface area contributed by atoms with E-state index in [1.807, 2.05) is 0 Å². The molecule has 1 aliphatic carbocycles. The molecule has 1 nitrogen and oxygen atoms in total. The van der Waals surface area contributed by atoms with Crippen LogP contribution in [0.25, 0.3) is 0 Å². The second kappa shape index (κ2) is 4.12. The van der Waals surface area contributed by atoms with Gasteiger partial charge in [-0.05, 0) is 36.7 Å². The summed E-state index contributed by atoms with van der Waals surface area (Å²) in [6.45, 7) is 8.35. The lowest BCUT2D eigenvalue weighted by Gasteiger charge is -2.38. The zero-order valence-electron chi connectivity index (χ0n) is 9.58. The summed E-state index contributed by atoms with van der Waals surface area (Å²) in [5.74, 6) is 1.16. The number of hydrogen-bond acceptors (Lipinski definition) is 1. The van der Waals surface area contributed by atoms with Crippen LogP contribution in [0.5, 0.6) is 0 Å². The van der Waals surface area contributed by atoms with E-state index >= 15 is 0 Å².